The SMILES string of the molecule is C=CCOP(=[Se])(OCC)OCC. The van der Waals surface area contributed by atoms with Gasteiger partial charge in [0.05, 0.1) is 0 Å². The Morgan fingerprint density at radius 2 is 1.75 bits per heavy atom. The van der Waals surface area contributed by atoms with Crippen molar-refractivity contribution in [1.29, 1.82) is 0 Å². The monoisotopic (exact) mass is 258 g/mol. The second kappa shape index (κ2) is 7.02. The average Bonchev–Trinajstić information content (AvgIpc) is 2.02. The van der Waals surface area contributed by atoms with Gasteiger partial charge in [0.2, 0.25) is 0 Å². The first kappa shape index (κ1) is 12.6. The molecule has 0 radical (unpaired) electrons. The zero-order chi connectivity index (χ0) is 9.45. The fourth-order valence-corrected chi connectivity index (χ4v) is 3.43. The summed E-state index contributed by atoms with van der Waals surface area (Å²) in [5.41, 5.74) is 0. The van der Waals surface area contributed by atoms with Gasteiger partial charge in [-0.05, 0) is 0 Å². The van der Waals surface area contributed by atoms with Gasteiger partial charge in [-0.2, -0.15) is 0 Å². The van der Waals surface area contributed by atoms with Crippen LogP contribution in [-0.2, 0) is 13.6 Å². The number of hydrogen-bond acceptors (Lipinski definition) is 3. The molecule has 72 valence electrons. The fraction of sp³-hybridized carbons (Fsp3) is 0.714. The summed E-state index contributed by atoms with van der Waals surface area (Å²) in [6.45, 7) is 8.97. The van der Waals surface area contributed by atoms with Gasteiger partial charge in [0.1, 0.15) is 0 Å². The molecule has 0 aliphatic heterocycles. The zero-order valence-electron chi connectivity index (χ0n) is 7.49. The van der Waals surface area contributed by atoms with Crippen LogP contribution in [-0.4, -0.2) is 34.9 Å². The standard InChI is InChI=1S/C7H15O3PSe/c1-4-7-10-11(12,8-5-2)9-6-3/h4H,1,5-7H2,2-3H3. The van der Waals surface area contributed by atoms with Crippen LogP contribution >= 0.6 is 6.19 Å². The Hall–Kier alpha value is 0.569. The van der Waals surface area contributed by atoms with Crippen LogP contribution in [0.1, 0.15) is 13.8 Å². The van der Waals surface area contributed by atoms with Crippen LogP contribution in [0.3, 0.4) is 0 Å². The molecule has 0 aromatic carbocycles. The van der Waals surface area contributed by atoms with E-state index in [-0.39, 0.29) is 0 Å². The minimum atomic E-state index is -2.18. The molecule has 0 amide bonds. The molecule has 0 heterocycles. The van der Waals surface area contributed by atoms with Gasteiger partial charge in [0.15, 0.2) is 0 Å². The quantitative estimate of drug-likeness (QED) is 0.397. The van der Waals surface area contributed by atoms with Gasteiger partial charge in [-0.25, -0.2) is 0 Å². The summed E-state index contributed by atoms with van der Waals surface area (Å²) >= 11 is 2.82. The van der Waals surface area contributed by atoms with Crippen LogP contribution in [0.2, 0.25) is 0 Å². The molecule has 12 heavy (non-hydrogen) atoms. The van der Waals surface area contributed by atoms with Crippen molar-refractivity contribution in [3.8, 4) is 0 Å². The molecule has 0 rings (SSSR count). The summed E-state index contributed by atoms with van der Waals surface area (Å²) in [7, 11) is 0. The van der Waals surface area contributed by atoms with Crippen molar-refractivity contribution in [2.24, 2.45) is 0 Å². The van der Waals surface area contributed by atoms with E-state index >= 15 is 0 Å². The van der Waals surface area contributed by atoms with Gasteiger partial charge in [0, 0.05) is 0 Å². The summed E-state index contributed by atoms with van der Waals surface area (Å²) in [6, 6.07) is 0. The molecule has 0 bridgehead atoms. The molecule has 5 heteroatoms. The molecule has 0 atom stereocenters. The van der Waals surface area contributed by atoms with E-state index < -0.39 is 6.19 Å². The van der Waals surface area contributed by atoms with Gasteiger partial charge < -0.3 is 0 Å². The summed E-state index contributed by atoms with van der Waals surface area (Å²) in [5.74, 6) is 0. The second-order valence-electron chi connectivity index (χ2n) is 1.87. The molecule has 0 aromatic rings. The first-order chi connectivity index (χ1) is 5.68. The molecule has 0 aromatic heterocycles. The predicted molar refractivity (Wildman–Crippen MR) is 52.1 cm³/mol. The second-order valence-corrected chi connectivity index (χ2v) is 6.35. The van der Waals surface area contributed by atoms with Gasteiger partial charge in [0.25, 0.3) is 0 Å². The first-order valence-corrected chi connectivity index (χ1v) is 7.59. The van der Waals surface area contributed by atoms with E-state index in [1.54, 1.807) is 6.08 Å². The van der Waals surface area contributed by atoms with E-state index in [1.165, 1.54) is 0 Å². The number of hydrogen-bond donors (Lipinski definition) is 0. The average molecular weight is 257 g/mol. The third-order valence-electron chi connectivity index (χ3n) is 0.925. The normalized spacial score (nSPS) is 11.5. The third-order valence-corrected chi connectivity index (χ3v) is 4.53. The maximum absolute atomic E-state index is 5.35. The zero-order valence-corrected chi connectivity index (χ0v) is 10.1. The van der Waals surface area contributed by atoms with Crippen LogP contribution in [0.15, 0.2) is 12.7 Å². The molecular weight excluding hydrogens is 242 g/mol. The molecular formula is C7H15O3PSe. The molecule has 0 saturated heterocycles. The van der Waals surface area contributed by atoms with Crippen LogP contribution in [0.5, 0.6) is 0 Å². The van der Waals surface area contributed by atoms with Crippen LogP contribution in [0.25, 0.3) is 0 Å². The molecule has 0 N–H and O–H groups in total. The number of rotatable bonds is 7. The summed E-state index contributed by atoms with van der Waals surface area (Å²) < 4.78 is 16.0. The Balaban J connectivity index is 3.98. The summed E-state index contributed by atoms with van der Waals surface area (Å²) in [6.07, 6.45) is -0.511. The summed E-state index contributed by atoms with van der Waals surface area (Å²) in [5, 5.41) is 0. The van der Waals surface area contributed by atoms with E-state index in [0.717, 1.165) is 0 Å². The molecule has 0 unspecified atom stereocenters. The Kier molecular flexibility index (Phi) is 7.35. The molecule has 3 nitrogen and oxygen atoms in total. The van der Waals surface area contributed by atoms with Crippen molar-refractivity contribution in [1.82, 2.24) is 0 Å². The van der Waals surface area contributed by atoms with Gasteiger partial charge in [-0.3, -0.25) is 0 Å². The van der Waals surface area contributed by atoms with Crippen molar-refractivity contribution in [3.63, 3.8) is 0 Å². The topological polar surface area (TPSA) is 27.7 Å². The Labute approximate surface area is 81.6 Å². The Morgan fingerprint density at radius 1 is 1.25 bits per heavy atom. The third kappa shape index (κ3) is 5.26. The minimum absolute atomic E-state index is 0.445. The van der Waals surface area contributed by atoms with Crippen molar-refractivity contribution in [3.05, 3.63) is 12.7 Å². The van der Waals surface area contributed by atoms with Gasteiger partial charge >= 0.3 is 81.2 Å². The molecule has 0 fully saturated rings. The Bertz CT molecular complexity index is 162. The van der Waals surface area contributed by atoms with E-state index in [0.29, 0.717) is 19.8 Å². The van der Waals surface area contributed by atoms with E-state index in [1.807, 2.05) is 13.8 Å². The molecule has 0 aliphatic rings. The van der Waals surface area contributed by atoms with E-state index in [4.69, 9.17) is 13.6 Å². The molecule has 0 aliphatic carbocycles. The predicted octanol–water partition coefficient (Wildman–Crippen LogP) is 2.11. The molecule has 0 spiro atoms. The van der Waals surface area contributed by atoms with E-state index in [9.17, 15) is 0 Å². The van der Waals surface area contributed by atoms with Crippen molar-refractivity contribution in [2.75, 3.05) is 19.8 Å². The van der Waals surface area contributed by atoms with Crippen molar-refractivity contribution in [2.45, 2.75) is 13.8 Å². The van der Waals surface area contributed by atoms with Gasteiger partial charge in [-0.15, -0.1) is 0 Å². The fourth-order valence-electron chi connectivity index (χ4n) is 0.572. The van der Waals surface area contributed by atoms with Gasteiger partial charge in [-0.1, -0.05) is 0 Å². The van der Waals surface area contributed by atoms with Crippen molar-refractivity contribution < 1.29 is 13.6 Å². The van der Waals surface area contributed by atoms with Crippen molar-refractivity contribution >= 4 is 21.3 Å². The van der Waals surface area contributed by atoms with Crippen LogP contribution in [0, 0.1) is 0 Å². The summed E-state index contributed by atoms with van der Waals surface area (Å²) in [4.78, 5) is 0. The Morgan fingerprint density at radius 3 is 2.08 bits per heavy atom. The first-order valence-electron chi connectivity index (χ1n) is 3.83. The molecule has 0 saturated carbocycles. The van der Waals surface area contributed by atoms with Crippen LogP contribution in [0.4, 0.5) is 0 Å². The van der Waals surface area contributed by atoms with Crippen LogP contribution < -0.4 is 0 Å². The van der Waals surface area contributed by atoms with E-state index in [2.05, 4.69) is 21.7 Å². The maximum atomic E-state index is 5.35.